The van der Waals surface area contributed by atoms with Gasteiger partial charge in [-0.3, -0.25) is 0 Å². The van der Waals surface area contributed by atoms with E-state index in [4.69, 9.17) is 5.11 Å². The summed E-state index contributed by atoms with van der Waals surface area (Å²) in [6.07, 6.45) is -1.12. The van der Waals surface area contributed by atoms with Crippen LogP contribution in [0.15, 0.2) is 16.6 Å². The van der Waals surface area contributed by atoms with Gasteiger partial charge in [-0.2, -0.15) is 0 Å². The molecular formula is C10H11BrFNO2. The molecule has 1 amide bonds. The Kier molecular flexibility index (Phi) is 3.68. The molecule has 1 rings (SSSR count). The lowest BCUT2D eigenvalue weighted by atomic mass is 10.0. The fourth-order valence-electron chi connectivity index (χ4n) is 1.38. The van der Waals surface area contributed by atoms with E-state index in [1.54, 1.807) is 13.8 Å². The molecule has 0 heterocycles. The van der Waals surface area contributed by atoms with E-state index >= 15 is 0 Å². The van der Waals surface area contributed by atoms with Gasteiger partial charge >= 0.3 is 6.09 Å². The van der Waals surface area contributed by atoms with E-state index in [0.717, 1.165) is 5.56 Å². The van der Waals surface area contributed by atoms with Crippen molar-refractivity contribution in [1.82, 2.24) is 5.32 Å². The maximum Gasteiger partial charge on any atom is 0.405 e. The first kappa shape index (κ1) is 12.0. The molecule has 0 aliphatic carbocycles. The normalized spacial score (nSPS) is 12.3. The first-order chi connectivity index (χ1) is 6.91. The van der Waals surface area contributed by atoms with Crippen LogP contribution in [0.5, 0.6) is 0 Å². The summed E-state index contributed by atoms with van der Waals surface area (Å²) in [5.74, 6) is -0.387. The summed E-state index contributed by atoms with van der Waals surface area (Å²) >= 11 is 3.22. The predicted octanol–water partition coefficient (Wildman–Crippen LogP) is 3.23. The van der Waals surface area contributed by atoms with Crippen molar-refractivity contribution in [1.29, 1.82) is 0 Å². The number of benzene rings is 1. The van der Waals surface area contributed by atoms with Gasteiger partial charge in [-0.25, -0.2) is 9.18 Å². The molecule has 0 saturated carbocycles. The van der Waals surface area contributed by atoms with E-state index in [2.05, 4.69) is 21.2 Å². The second kappa shape index (κ2) is 4.61. The van der Waals surface area contributed by atoms with E-state index in [-0.39, 0.29) is 5.82 Å². The molecule has 15 heavy (non-hydrogen) atoms. The van der Waals surface area contributed by atoms with Crippen LogP contribution in [-0.2, 0) is 0 Å². The highest BCUT2D eigenvalue weighted by Gasteiger charge is 2.13. The van der Waals surface area contributed by atoms with Crippen LogP contribution in [0, 0.1) is 12.7 Å². The van der Waals surface area contributed by atoms with Crippen LogP contribution in [0.1, 0.15) is 24.1 Å². The molecule has 0 spiro atoms. The van der Waals surface area contributed by atoms with Crippen LogP contribution in [0.3, 0.4) is 0 Å². The topological polar surface area (TPSA) is 49.3 Å². The summed E-state index contributed by atoms with van der Waals surface area (Å²) in [6.45, 7) is 3.47. The standard InChI is InChI=1S/C10H11BrFNO2/c1-5-8(6(2)13-10(14)15)3-7(12)4-9(5)11/h3-4,6,13H,1-2H3,(H,14,15). The average molecular weight is 276 g/mol. The highest BCUT2D eigenvalue weighted by atomic mass is 79.9. The van der Waals surface area contributed by atoms with Crippen molar-refractivity contribution in [2.45, 2.75) is 19.9 Å². The Morgan fingerprint density at radius 3 is 2.73 bits per heavy atom. The Labute approximate surface area is 95.4 Å². The average Bonchev–Trinajstić information content (AvgIpc) is 2.09. The molecule has 0 aromatic heterocycles. The van der Waals surface area contributed by atoms with E-state index in [1.165, 1.54) is 12.1 Å². The monoisotopic (exact) mass is 275 g/mol. The minimum atomic E-state index is -1.12. The van der Waals surface area contributed by atoms with Crippen LogP contribution in [-0.4, -0.2) is 11.2 Å². The second-order valence-corrected chi connectivity index (χ2v) is 4.13. The number of nitrogens with one attached hydrogen (secondary N) is 1. The van der Waals surface area contributed by atoms with Gasteiger partial charge in [0.2, 0.25) is 0 Å². The van der Waals surface area contributed by atoms with Crippen molar-refractivity contribution in [3.8, 4) is 0 Å². The summed E-state index contributed by atoms with van der Waals surface area (Å²) in [4.78, 5) is 10.4. The molecule has 0 fully saturated rings. The lowest BCUT2D eigenvalue weighted by Crippen LogP contribution is -2.25. The molecule has 1 atom stereocenters. The summed E-state index contributed by atoms with van der Waals surface area (Å²) in [5, 5.41) is 10.8. The largest absolute Gasteiger partial charge is 0.465 e. The number of hydrogen-bond donors (Lipinski definition) is 2. The molecule has 0 saturated heterocycles. The Hall–Kier alpha value is -1.10. The lowest BCUT2D eigenvalue weighted by Gasteiger charge is -2.15. The molecule has 3 nitrogen and oxygen atoms in total. The molecule has 1 aromatic rings. The van der Waals surface area contributed by atoms with Gasteiger partial charge in [-0.1, -0.05) is 15.9 Å². The van der Waals surface area contributed by atoms with Gasteiger partial charge in [0.05, 0.1) is 6.04 Å². The van der Waals surface area contributed by atoms with Gasteiger partial charge in [0, 0.05) is 4.47 Å². The van der Waals surface area contributed by atoms with Crippen molar-refractivity contribution < 1.29 is 14.3 Å². The van der Waals surface area contributed by atoms with Crippen LogP contribution in [0.25, 0.3) is 0 Å². The van der Waals surface area contributed by atoms with Crippen molar-refractivity contribution in [3.63, 3.8) is 0 Å². The number of halogens is 2. The van der Waals surface area contributed by atoms with Gasteiger partial charge in [0.1, 0.15) is 5.82 Å². The number of amides is 1. The van der Waals surface area contributed by atoms with Gasteiger partial charge in [0.15, 0.2) is 0 Å². The number of rotatable bonds is 2. The molecule has 0 aliphatic heterocycles. The summed E-state index contributed by atoms with van der Waals surface area (Å²) in [5.41, 5.74) is 1.46. The molecule has 0 radical (unpaired) electrons. The highest BCUT2D eigenvalue weighted by Crippen LogP contribution is 2.26. The zero-order chi connectivity index (χ0) is 11.6. The third kappa shape index (κ3) is 2.92. The summed E-state index contributed by atoms with van der Waals surface area (Å²) in [6, 6.07) is 2.25. The van der Waals surface area contributed by atoms with E-state index in [1.807, 2.05) is 0 Å². The van der Waals surface area contributed by atoms with Crippen LogP contribution < -0.4 is 5.32 Å². The zero-order valence-corrected chi connectivity index (χ0v) is 9.93. The summed E-state index contributed by atoms with van der Waals surface area (Å²) < 4.78 is 13.7. The van der Waals surface area contributed by atoms with Gasteiger partial charge in [0.25, 0.3) is 0 Å². The number of carboxylic acid groups (broad SMARTS) is 1. The Morgan fingerprint density at radius 1 is 1.60 bits per heavy atom. The van der Waals surface area contributed by atoms with E-state index in [0.29, 0.717) is 10.0 Å². The van der Waals surface area contributed by atoms with Crippen LogP contribution >= 0.6 is 15.9 Å². The minimum Gasteiger partial charge on any atom is -0.465 e. The fourth-order valence-corrected chi connectivity index (χ4v) is 1.83. The maximum atomic E-state index is 13.1. The molecular weight excluding hydrogens is 265 g/mol. The Bertz CT molecular complexity index is 395. The third-order valence-corrected chi connectivity index (χ3v) is 2.98. The smallest absolute Gasteiger partial charge is 0.405 e. The first-order valence-corrected chi connectivity index (χ1v) is 5.16. The van der Waals surface area contributed by atoms with Crippen molar-refractivity contribution in [2.24, 2.45) is 0 Å². The predicted molar refractivity (Wildman–Crippen MR) is 58.4 cm³/mol. The summed E-state index contributed by atoms with van der Waals surface area (Å²) in [7, 11) is 0. The van der Waals surface area contributed by atoms with Crippen molar-refractivity contribution in [3.05, 3.63) is 33.5 Å². The first-order valence-electron chi connectivity index (χ1n) is 4.37. The SMILES string of the molecule is Cc1c(Br)cc(F)cc1C(C)NC(=O)O. The molecule has 82 valence electrons. The quantitative estimate of drug-likeness (QED) is 0.871. The Balaban J connectivity index is 3.07. The maximum absolute atomic E-state index is 13.1. The number of carbonyl (C=O) groups is 1. The minimum absolute atomic E-state index is 0.387. The van der Waals surface area contributed by atoms with Crippen molar-refractivity contribution in [2.75, 3.05) is 0 Å². The molecule has 1 aromatic carbocycles. The second-order valence-electron chi connectivity index (χ2n) is 3.27. The van der Waals surface area contributed by atoms with Gasteiger partial charge in [-0.15, -0.1) is 0 Å². The molecule has 2 N–H and O–H groups in total. The van der Waals surface area contributed by atoms with Crippen molar-refractivity contribution >= 4 is 22.0 Å². The number of hydrogen-bond acceptors (Lipinski definition) is 1. The van der Waals surface area contributed by atoms with Gasteiger partial charge < -0.3 is 10.4 Å². The lowest BCUT2D eigenvalue weighted by molar-refractivity contribution is 0.191. The zero-order valence-electron chi connectivity index (χ0n) is 8.34. The molecule has 0 aliphatic rings. The molecule has 1 unspecified atom stereocenters. The highest BCUT2D eigenvalue weighted by molar-refractivity contribution is 9.10. The van der Waals surface area contributed by atoms with Crippen LogP contribution in [0.2, 0.25) is 0 Å². The molecule has 0 bridgehead atoms. The third-order valence-electron chi connectivity index (χ3n) is 2.16. The molecule has 5 heteroatoms. The van der Waals surface area contributed by atoms with E-state index in [9.17, 15) is 9.18 Å². The van der Waals surface area contributed by atoms with E-state index < -0.39 is 12.1 Å². The van der Waals surface area contributed by atoms with Gasteiger partial charge in [-0.05, 0) is 37.1 Å². The fraction of sp³-hybridized carbons (Fsp3) is 0.300. The Morgan fingerprint density at radius 2 is 2.20 bits per heavy atom. The van der Waals surface area contributed by atoms with Crippen LogP contribution in [0.4, 0.5) is 9.18 Å².